The fraction of sp³-hybridized carbons (Fsp3) is 0.188. The number of nitrogens with one attached hydrogen (secondary N) is 1. The van der Waals surface area contributed by atoms with Crippen LogP contribution < -0.4 is 5.32 Å². The Balaban J connectivity index is 2.08. The lowest BCUT2D eigenvalue weighted by atomic mass is 10.1. The van der Waals surface area contributed by atoms with Crippen molar-refractivity contribution in [1.82, 2.24) is 19.7 Å². The van der Waals surface area contributed by atoms with Crippen molar-refractivity contribution in [2.75, 3.05) is 0 Å². The van der Waals surface area contributed by atoms with Crippen LogP contribution in [0.3, 0.4) is 0 Å². The van der Waals surface area contributed by atoms with Crippen LogP contribution in [0, 0.1) is 0 Å². The van der Waals surface area contributed by atoms with Gasteiger partial charge in [0.05, 0.1) is 0 Å². The third kappa shape index (κ3) is 2.63. The van der Waals surface area contributed by atoms with Crippen LogP contribution in [0.15, 0.2) is 48.9 Å². The van der Waals surface area contributed by atoms with Gasteiger partial charge in [0.15, 0.2) is 5.65 Å². The number of carbonyl (C=O) groups excluding carboxylic acids is 1. The molecule has 0 fully saturated rings. The Hall–Kier alpha value is -2.69. The van der Waals surface area contributed by atoms with E-state index in [1.54, 1.807) is 18.6 Å². The molecule has 0 aliphatic rings. The lowest BCUT2D eigenvalue weighted by Crippen LogP contribution is -2.30. The second-order valence-electron chi connectivity index (χ2n) is 5.13. The van der Waals surface area contributed by atoms with Crippen molar-refractivity contribution in [2.24, 2.45) is 0 Å². The first-order valence-corrected chi connectivity index (χ1v) is 6.85. The summed E-state index contributed by atoms with van der Waals surface area (Å²) in [6, 6.07) is 9.90. The zero-order valence-electron chi connectivity index (χ0n) is 11.9. The third-order valence-corrected chi connectivity index (χ3v) is 3.07. The quantitative estimate of drug-likeness (QED) is 0.802. The molecule has 1 amide bonds. The first-order valence-electron chi connectivity index (χ1n) is 6.85. The molecule has 0 bridgehead atoms. The minimum Gasteiger partial charge on any atom is -0.348 e. The van der Waals surface area contributed by atoms with Gasteiger partial charge in [-0.1, -0.05) is 30.3 Å². The van der Waals surface area contributed by atoms with Crippen molar-refractivity contribution in [3.05, 3.63) is 54.6 Å². The van der Waals surface area contributed by atoms with Crippen LogP contribution in [0.5, 0.6) is 0 Å². The molecule has 0 saturated carbocycles. The maximum Gasteiger partial charge on any atom is 0.271 e. The van der Waals surface area contributed by atoms with Gasteiger partial charge in [-0.15, -0.1) is 0 Å². The lowest BCUT2D eigenvalue weighted by Gasteiger charge is -2.04. The zero-order chi connectivity index (χ0) is 14.8. The number of rotatable bonds is 3. The van der Waals surface area contributed by atoms with E-state index in [1.807, 2.05) is 48.6 Å². The van der Waals surface area contributed by atoms with Gasteiger partial charge in [0.1, 0.15) is 11.4 Å². The maximum absolute atomic E-state index is 12.1. The van der Waals surface area contributed by atoms with Gasteiger partial charge < -0.3 is 9.72 Å². The van der Waals surface area contributed by atoms with E-state index in [2.05, 4.69) is 15.3 Å². The number of hydrogen-bond acceptors (Lipinski definition) is 3. The molecular formula is C16H16N4O. The fourth-order valence-corrected chi connectivity index (χ4v) is 2.17. The number of nitrogens with zero attached hydrogens (tertiary/aromatic N) is 3. The number of benzene rings is 1. The van der Waals surface area contributed by atoms with Crippen molar-refractivity contribution < 1.29 is 4.79 Å². The summed E-state index contributed by atoms with van der Waals surface area (Å²) in [4.78, 5) is 20.9. The standard InChI is InChI=1S/C16H16N4O/c1-11(2)18-16(21)13-10-20-9-8-17-14(15(20)19-13)12-6-4-3-5-7-12/h3-11H,1-2H3,(H,18,21). The topological polar surface area (TPSA) is 59.3 Å². The third-order valence-electron chi connectivity index (χ3n) is 3.07. The Kier molecular flexibility index (Phi) is 3.39. The highest BCUT2D eigenvalue weighted by Crippen LogP contribution is 2.21. The molecule has 2 heterocycles. The SMILES string of the molecule is CC(C)NC(=O)c1cn2ccnc(-c3ccccc3)c2n1. The predicted molar refractivity (Wildman–Crippen MR) is 81.0 cm³/mol. The zero-order valence-corrected chi connectivity index (χ0v) is 11.9. The van der Waals surface area contributed by atoms with Crippen molar-refractivity contribution in [1.29, 1.82) is 0 Å². The molecule has 0 radical (unpaired) electrons. The van der Waals surface area contributed by atoms with Crippen LogP contribution in [0.1, 0.15) is 24.3 Å². The average Bonchev–Trinajstić information content (AvgIpc) is 2.91. The molecule has 3 rings (SSSR count). The van der Waals surface area contributed by atoms with Gasteiger partial charge in [-0.25, -0.2) is 4.98 Å². The van der Waals surface area contributed by atoms with Crippen molar-refractivity contribution >= 4 is 11.6 Å². The van der Waals surface area contributed by atoms with E-state index >= 15 is 0 Å². The summed E-state index contributed by atoms with van der Waals surface area (Å²) in [6.45, 7) is 3.84. The summed E-state index contributed by atoms with van der Waals surface area (Å²) in [5, 5.41) is 2.84. The summed E-state index contributed by atoms with van der Waals surface area (Å²) in [5.41, 5.74) is 2.82. The molecule has 106 valence electrons. The van der Waals surface area contributed by atoms with Crippen LogP contribution in [0.25, 0.3) is 16.9 Å². The molecule has 21 heavy (non-hydrogen) atoms. The molecule has 1 aromatic carbocycles. The molecule has 0 unspecified atom stereocenters. The lowest BCUT2D eigenvalue weighted by molar-refractivity contribution is 0.0938. The first-order chi connectivity index (χ1) is 10.1. The molecule has 5 heteroatoms. The predicted octanol–water partition coefficient (Wildman–Crippen LogP) is 2.53. The smallest absolute Gasteiger partial charge is 0.271 e. The van der Waals surface area contributed by atoms with Gasteiger partial charge >= 0.3 is 0 Å². The van der Waals surface area contributed by atoms with Gasteiger partial charge in [0.2, 0.25) is 0 Å². The second kappa shape index (κ2) is 5.36. The maximum atomic E-state index is 12.1. The molecule has 0 spiro atoms. The monoisotopic (exact) mass is 280 g/mol. The van der Waals surface area contributed by atoms with E-state index in [4.69, 9.17) is 0 Å². The number of aromatic nitrogens is 3. The van der Waals surface area contributed by atoms with E-state index in [-0.39, 0.29) is 11.9 Å². The number of amides is 1. The Bertz CT molecular complexity index is 777. The highest BCUT2D eigenvalue weighted by Gasteiger charge is 2.14. The Morgan fingerprint density at radius 1 is 1.24 bits per heavy atom. The van der Waals surface area contributed by atoms with Crippen molar-refractivity contribution in [2.45, 2.75) is 19.9 Å². The number of fused-ring (bicyclic) bond motifs is 1. The molecule has 3 aromatic rings. The molecule has 5 nitrogen and oxygen atoms in total. The van der Waals surface area contributed by atoms with Crippen molar-refractivity contribution in [3.63, 3.8) is 0 Å². The second-order valence-corrected chi connectivity index (χ2v) is 5.13. The molecule has 1 N–H and O–H groups in total. The number of carbonyl (C=O) groups is 1. The molecule has 0 saturated heterocycles. The average molecular weight is 280 g/mol. The van der Waals surface area contributed by atoms with E-state index in [1.165, 1.54) is 0 Å². The number of imidazole rings is 1. The molecule has 0 aliphatic heterocycles. The van der Waals surface area contributed by atoms with Gasteiger partial charge in [-0.3, -0.25) is 9.78 Å². The first kappa shape index (κ1) is 13.3. The minimum atomic E-state index is -0.173. The summed E-state index contributed by atoms with van der Waals surface area (Å²) >= 11 is 0. The van der Waals surface area contributed by atoms with Gasteiger partial charge in [-0.05, 0) is 13.8 Å². The summed E-state index contributed by atoms with van der Waals surface area (Å²) in [5.74, 6) is -0.173. The normalized spacial score (nSPS) is 11.0. The Morgan fingerprint density at radius 3 is 2.71 bits per heavy atom. The van der Waals surface area contributed by atoms with E-state index in [9.17, 15) is 4.79 Å². The number of hydrogen-bond donors (Lipinski definition) is 1. The Morgan fingerprint density at radius 2 is 2.00 bits per heavy atom. The van der Waals surface area contributed by atoms with Crippen molar-refractivity contribution in [3.8, 4) is 11.3 Å². The van der Waals surface area contributed by atoms with Crippen LogP contribution in [-0.2, 0) is 0 Å². The minimum absolute atomic E-state index is 0.0778. The summed E-state index contributed by atoms with van der Waals surface area (Å²) in [7, 11) is 0. The largest absolute Gasteiger partial charge is 0.348 e. The molecular weight excluding hydrogens is 264 g/mol. The van der Waals surface area contributed by atoms with Crippen LogP contribution in [0.2, 0.25) is 0 Å². The van der Waals surface area contributed by atoms with Crippen LogP contribution >= 0.6 is 0 Å². The summed E-state index contributed by atoms with van der Waals surface area (Å²) in [6.07, 6.45) is 5.23. The van der Waals surface area contributed by atoms with E-state index in [0.717, 1.165) is 11.3 Å². The Labute approximate surface area is 122 Å². The highest BCUT2D eigenvalue weighted by atomic mass is 16.1. The van der Waals surface area contributed by atoms with Gasteiger partial charge in [0, 0.05) is 30.2 Å². The molecule has 0 atom stereocenters. The van der Waals surface area contributed by atoms with E-state index < -0.39 is 0 Å². The van der Waals surface area contributed by atoms with Crippen LogP contribution in [0.4, 0.5) is 0 Å². The van der Waals surface area contributed by atoms with Gasteiger partial charge in [0.25, 0.3) is 5.91 Å². The highest BCUT2D eigenvalue weighted by molar-refractivity contribution is 5.93. The van der Waals surface area contributed by atoms with Crippen LogP contribution in [-0.4, -0.2) is 26.3 Å². The molecule has 2 aromatic heterocycles. The molecule has 0 aliphatic carbocycles. The van der Waals surface area contributed by atoms with E-state index in [0.29, 0.717) is 11.3 Å². The summed E-state index contributed by atoms with van der Waals surface area (Å²) < 4.78 is 1.82. The fourth-order valence-electron chi connectivity index (χ4n) is 2.17. The van der Waals surface area contributed by atoms with Gasteiger partial charge in [-0.2, -0.15) is 0 Å².